The lowest BCUT2D eigenvalue weighted by Crippen LogP contribution is -2.28. The van der Waals surface area contributed by atoms with Crippen molar-refractivity contribution in [3.63, 3.8) is 0 Å². The Morgan fingerprint density at radius 2 is 1.82 bits per heavy atom. The van der Waals surface area contributed by atoms with Crippen molar-refractivity contribution in [1.29, 1.82) is 0 Å². The molecule has 0 aliphatic heterocycles. The lowest BCUT2D eigenvalue weighted by molar-refractivity contribution is -0.123. The zero-order valence-electron chi connectivity index (χ0n) is 7.13. The number of ketones is 1. The van der Waals surface area contributed by atoms with E-state index in [0.717, 1.165) is 0 Å². The first-order valence-electron chi connectivity index (χ1n) is 4.13. The maximum absolute atomic E-state index is 11.1. The number of Topliss-reactive ketones (excluding diaryl/α,β-unsaturated/α-hetero) is 1. The van der Waals surface area contributed by atoms with Gasteiger partial charge in [0.25, 0.3) is 0 Å². The number of rotatable bonds is 0. The van der Waals surface area contributed by atoms with Gasteiger partial charge in [-0.1, -0.05) is 13.8 Å². The van der Waals surface area contributed by atoms with Gasteiger partial charge in [0, 0.05) is 18.8 Å². The molecule has 11 heavy (non-hydrogen) atoms. The van der Waals surface area contributed by atoms with Gasteiger partial charge in [0.1, 0.15) is 5.78 Å². The molecule has 0 aromatic carbocycles. The van der Waals surface area contributed by atoms with E-state index in [1.807, 2.05) is 0 Å². The largest absolute Gasteiger partial charge is 0.300 e. The van der Waals surface area contributed by atoms with Crippen LogP contribution in [0.15, 0.2) is 0 Å². The van der Waals surface area contributed by atoms with E-state index in [2.05, 4.69) is 19.8 Å². The van der Waals surface area contributed by atoms with Gasteiger partial charge in [-0.2, -0.15) is 0 Å². The Balaban J connectivity index is 2.68. The summed E-state index contributed by atoms with van der Waals surface area (Å²) in [6.45, 7) is 4.14. The van der Waals surface area contributed by atoms with Crippen LogP contribution in [0.4, 0.5) is 0 Å². The highest BCUT2D eigenvalue weighted by atomic mass is 16.1. The lowest BCUT2D eigenvalue weighted by Gasteiger charge is -2.29. The fourth-order valence-electron chi connectivity index (χ4n) is 1.94. The lowest BCUT2D eigenvalue weighted by atomic mass is 9.74. The van der Waals surface area contributed by atoms with E-state index in [1.165, 1.54) is 0 Å². The van der Waals surface area contributed by atoms with E-state index in [1.54, 1.807) is 0 Å². The molecule has 1 rings (SSSR count). The van der Waals surface area contributed by atoms with Gasteiger partial charge in [-0.3, -0.25) is 4.79 Å². The Bertz CT molecular complexity index is 185. The standard InChI is InChI=1S/C10H14O/c1-4-10-7(2)5-9(11)6-8(10)3/h1,7-8,10H,5-6H2,2-3H3. The molecule has 0 N–H and O–H groups in total. The minimum Gasteiger partial charge on any atom is -0.300 e. The summed E-state index contributed by atoms with van der Waals surface area (Å²) in [7, 11) is 0. The summed E-state index contributed by atoms with van der Waals surface area (Å²) >= 11 is 0. The highest BCUT2D eigenvalue weighted by Gasteiger charge is 2.30. The maximum Gasteiger partial charge on any atom is 0.133 e. The predicted molar refractivity (Wildman–Crippen MR) is 44.9 cm³/mol. The fraction of sp³-hybridized carbons (Fsp3) is 0.700. The van der Waals surface area contributed by atoms with Crippen LogP contribution in [0.2, 0.25) is 0 Å². The molecule has 0 saturated heterocycles. The van der Waals surface area contributed by atoms with Crippen molar-refractivity contribution in [3.05, 3.63) is 0 Å². The van der Waals surface area contributed by atoms with Crippen molar-refractivity contribution in [1.82, 2.24) is 0 Å². The summed E-state index contributed by atoms with van der Waals surface area (Å²) in [6, 6.07) is 0. The zero-order chi connectivity index (χ0) is 8.43. The number of hydrogen-bond donors (Lipinski definition) is 0. The first-order valence-corrected chi connectivity index (χ1v) is 4.13. The monoisotopic (exact) mass is 150 g/mol. The van der Waals surface area contributed by atoms with Crippen molar-refractivity contribution in [2.45, 2.75) is 26.7 Å². The fourth-order valence-corrected chi connectivity index (χ4v) is 1.94. The van der Waals surface area contributed by atoms with Gasteiger partial charge in [-0.25, -0.2) is 0 Å². The highest BCUT2D eigenvalue weighted by molar-refractivity contribution is 5.79. The number of terminal acetylenes is 1. The van der Waals surface area contributed by atoms with Crippen LogP contribution in [0.3, 0.4) is 0 Å². The smallest absolute Gasteiger partial charge is 0.133 e. The summed E-state index contributed by atoms with van der Waals surface area (Å²) in [4.78, 5) is 11.1. The SMILES string of the molecule is C#CC1C(C)CC(=O)CC1C. The minimum atomic E-state index is 0.313. The molecule has 2 unspecified atom stereocenters. The Morgan fingerprint density at radius 3 is 2.18 bits per heavy atom. The molecule has 1 aliphatic rings. The normalized spacial score (nSPS) is 38.3. The zero-order valence-corrected chi connectivity index (χ0v) is 7.13. The molecule has 1 fully saturated rings. The number of hydrogen-bond acceptors (Lipinski definition) is 1. The van der Waals surface area contributed by atoms with Crippen LogP contribution in [0.25, 0.3) is 0 Å². The van der Waals surface area contributed by atoms with Gasteiger partial charge in [0.15, 0.2) is 0 Å². The first-order chi connectivity index (χ1) is 5.15. The molecule has 0 amide bonds. The molecule has 1 saturated carbocycles. The average Bonchev–Trinajstić information content (AvgIpc) is 1.85. The summed E-state index contributed by atoms with van der Waals surface area (Å²) in [6.07, 6.45) is 6.73. The van der Waals surface area contributed by atoms with E-state index in [0.29, 0.717) is 36.4 Å². The van der Waals surface area contributed by atoms with Gasteiger partial charge >= 0.3 is 0 Å². The van der Waals surface area contributed by atoms with E-state index in [9.17, 15) is 4.79 Å². The van der Waals surface area contributed by atoms with Gasteiger partial charge in [0.2, 0.25) is 0 Å². The maximum atomic E-state index is 11.1. The molecule has 1 aliphatic carbocycles. The van der Waals surface area contributed by atoms with Crippen LogP contribution in [0.1, 0.15) is 26.7 Å². The Hall–Kier alpha value is -0.770. The molecular weight excluding hydrogens is 136 g/mol. The molecule has 1 nitrogen and oxygen atoms in total. The van der Waals surface area contributed by atoms with Crippen molar-refractivity contribution >= 4 is 5.78 Å². The number of carbonyl (C=O) groups is 1. The third-order valence-electron chi connectivity index (χ3n) is 2.52. The molecule has 0 aromatic rings. The summed E-state index contributed by atoms with van der Waals surface area (Å²) < 4.78 is 0. The average molecular weight is 150 g/mol. The molecule has 1 heteroatoms. The second-order valence-corrected chi connectivity index (χ2v) is 3.59. The molecule has 0 bridgehead atoms. The van der Waals surface area contributed by atoms with Crippen molar-refractivity contribution in [2.24, 2.45) is 17.8 Å². The molecule has 0 spiro atoms. The second kappa shape index (κ2) is 3.09. The van der Waals surface area contributed by atoms with E-state index >= 15 is 0 Å². The van der Waals surface area contributed by atoms with E-state index < -0.39 is 0 Å². The molecular formula is C10H14O. The summed E-state index contributed by atoms with van der Waals surface area (Å²) in [5.41, 5.74) is 0. The van der Waals surface area contributed by atoms with Crippen molar-refractivity contribution < 1.29 is 4.79 Å². The summed E-state index contributed by atoms with van der Waals surface area (Å²) in [5, 5.41) is 0. The molecule has 2 atom stereocenters. The minimum absolute atomic E-state index is 0.313. The van der Waals surface area contributed by atoms with Crippen LogP contribution in [0.5, 0.6) is 0 Å². The van der Waals surface area contributed by atoms with Crippen LogP contribution in [-0.2, 0) is 4.79 Å². The van der Waals surface area contributed by atoms with Crippen molar-refractivity contribution in [3.8, 4) is 12.3 Å². The van der Waals surface area contributed by atoms with Crippen LogP contribution < -0.4 is 0 Å². The Morgan fingerprint density at radius 1 is 1.36 bits per heavy atom. The van der Waals surface area contributed by atoms with Crippen molar-refractivity contribution in [2.75, 3.05) is 0 Å². The predicted octanol–water partition coefficient (Wildman–Crippen LogP) is 1.87. The third kappa shape index (κ3) is 1.63. The van der Waals surface area contributed by atoms with Crippen LogP contribution >= 0.6 is 0 Å². The number of carbonyl (C=O) groups excluding carboxylic acids is 1. The van der Waals surface area contributed by atoms with Gasteiger partial charge in [0.05, 0.1) is 0 Å². The van der Waals surface area contributed by atoms with Gasteiger partial charge < -0.3 is 0 Å². The third-order valence-corrected chi connectivity index (χ3v) is 2.52. The molecule has 60 valence electrons. The quantitative estimate of drug-likeness (QED) is 0.482. The topological polar surface area (TPSA) is 17.1 Å². The molecule has 0 radical (unpaired) electrons. The first kappa shape index (κ1) is 8.33. The second-order valence-electron chi connectivity index (χ2n) is 3.59. The highest BCUT2D eigenvalue weighted by Crippen LogP contribution is 2.31. The molecule has 0 heterocycles. The Labute approximate surface area is 68.2 Å². The van der Waals surface area contributed by atoms with Crippen LogP contribution in [0, 0.1) is 30.1 Å². The molecule has 0 aromatic heterocycles. The van der Waals surface area contributed by atoms with Crippen LogP contribution in [-0.4, -0.2) is 5.78 Å². The van der Waals surface area contributed by atoms with Gasteiger partial charge in [-0.05, 0) is 11.8 Å². The van der Waals surface area contributed by atoms with E-state index in [-0.39, 0.29) is 0 Å². The summed E-state index contributed by atoms with van der Waals surface area (Å²) in [5.74, 6) is 4.23. The van der Waals surface area contributed by atoms with E-state index in [4.69, 9.17) is 6.42 Å². The van der Waals surface area contributed by atoms with Gasteiger partial charge in [-0.15, -0.1) is 12.3 Å². The Kier molecular flexibility index (Phi) is 2.34.